The van der Waals surface area contributed by atoms with Gasteiger partial charge in [-0.2, -0.15) is 0 Å². The van der Waals surface area contributed by atoms with Crippen molar-refractivity contribution in [3.63, 3.8) is 0 Å². The quantitative estimate of drug-likeness (QED) is 0.555. The molecule has 3 heterocycles. The van der Waals surface area contributed by atoms with Crippen molar-refractivity contribution < 1.29 is 9.53 Å². The van der Waals surface area contributed by atoms with Crippen LogP contribution < -0.4 is 5.56 Å². The molecule has 0 saturated heterocycles. The number of H-pyrrole nitrogens is 1. The maximum Gasteiger partial charge on any atom is 0.348 e. The molecule has 0 aliphatic heterocycles. The number of carbonyl (C=O) groups excluding carboxylic acids is 1. The topological polar surface area (TPSA) is 103 Å². The summed E-state index contributed by atoms with van der Waals surface area (Å²) in [5, 5.41) is 9.23. The predicted octanol–water partition coefficient (Wildman–Crippen LogP) is 1.81. The first-order valence-electron chi connectivity index (χ1n) is 7.01. The number of carbonyl (C=O) groups is 1. The predicted molar refractivity (Wildman–Crippen MR) is 91.6 cm³/mol. The lowest BCUT2D eigenvalue weighted by Crippen LogP contribution is -2.11. The van der Waals surface area contributed by atoms with Crippen molar-refractivity contribution >= 4 is 39.3 Å². The molecule has 0 fully saturated rings. The van der Waals surface area contributed by atoms with Gasteiger partial charge in [0.2, 0.25) is 0 Å². The minimum atomic E-state index is -0.458. The molecule has 0 radical (unpaired) electrons. The Hall–Kier alpha value is -2.20. The van der Waals surface area contributed by atoms with Crippen LogP contribution in [0.3, 0.4) is 0 Å². The van der Waals surface area contributed by atoms with Crippen molar-refractivity contribution in [2.45, 2.75) is 24.8 Å². The molecule has 1 N–H and O–H groups in total. The molecule has 10 heteroatoms. The molecule has 3 aromatic rings. The zero-order chi connectivity index (χ0) is 17.4. The van der Waals surface area contributed by atoms with Crippen LogP contribution in [0.5, 0.6) is 0 Å². The minimum absolute atomic E-state index is 0.256. The number of nitrogens with zero attached hydrogens (tertiary/aromatic N) is 4. The van der Waals surface area contributed by atoms with E-state index in [1.54, 1.807) is 6.92 Å². The Morgan fingerprint density at radius 3 is 2.75 bits per heavy atom. The second kappa shape index (κ2) is 6.36. The summed E-state index contributed by atoms with van der Waals surface area (Å²) in [7, 11) is 3.19. The maximum atomic E-state index is 12.3. The molecule has 0 amide bonds. The number of esters is 1. The summed E-state index contributed by atoms with van der Waals surface area (Å²) >= 11 is 2.60. The average Bonchev–Trinajstić information content (AvgIpc) is 3.06. The van der Waals surface area contributed by atoms with E-state index in [0.29, 0.717) is 32.2 Å². The van der Waals surface area contributed by atoms with Gasteiger partial charge in [0.1, 0.15) is 21.4 Å². The molecule has 0 aliphatic rings. The summed E-state index contributed by atoms with van der Waals surface area (Å²) in [5.74, 6) is 1.32. The summed E-state index contributed by atoms with van der Waals surface area (Å²) in [6.07, 6.45) is 0. The monoisotopic (exact) mass is 365 g/mol. The minimum Gasteiger partial charge on any atom is -0.465 e. The first-order chi connectivity index (χ1) is 11.4. The van der Waals surface area contributed by atoms with Gasteiger partial charge in [-0.05, 0) is 19.4 Å². The first kappa shape index (κ1) is 16.7. The highest BCUT2D eigenvalue weighted by molar-refractivity contribution is 7.98. The number of nitrogens with one attached hydrogen (secondary N) is 1. The van der Waals surface area contributed by atoms with E-state index in [2.05, 4.69) is 20.2 Å². The first-order valence-corrected chi connectivity index (χ1v) is 8.82. The fourth-order valence-corrected chi connectivity index (χ4v) is 4.14. The number of aromatic nitrogens is 5. The van der Waals surface area contributed by atoms with Crippen molar-refractivity contribution in [2.75, 3.05) is 7.11 Å². The summed E-state index contributed by atoms with van der Waals surface area (Å²) < 4.78 is 6.61. The van der Waals surface area contributed by atoms with Crippen LogP contribution in [-0.4, -0.2) is 37.8 Å². The van der Waals surface area contributed by atoms with Gasteiger partial charge in [-0.15, -0.1) is 21.5 Å². The smallest absolute Gasteiger partial charge is 0.348 e. The number of hydrogen-bond donors (Lipinski definition) is 1. The van der Waals surface area contributed by atoms with Crippen molar-refractivity contribution in [1.82, 2.24) is 24.7 Å². The van der Waals surface area contributed by atoms with E-state index in [0.717, 1.165) is 11.0 Å². The Morgan fingerprint density at radius 2 is 2.12 bits per heavy atom. The zero-order valence-electron chi connectivity index (χ0n) is 13.5. The SMILES string of the molecule is COC(=O)c1sc2nc(CSc3nnc(C)n3C)[nH]c(=O)c2c1C. The number of rotatable bonds is 4. The van der Waals surface area contributed by atoms with Crippen LogP contribution in [0.1, 0.15) is 26.9 Å². The highest BCUT2D eigenvalue weighted by Crippen LogP contribution is 2.28. The van der Waals surface area contributed by atoms with E-state index in [1.807, 2.05) is 18.5 Å². The molecule has 0 spiro atoms. The number of ether oxygens (including phenoxy) is 1. The third-order valence-corrected chi connectivity index (χ3v) is 5.81. The van der Waals surface area contributed by atoms with Crippen LogP contribution in [0.2, 0.25) is 0 Å². The van der Waals surface area contributed by atoms with E-state index in [1.165, 1.54) is 30.2 Å². The largest absolute Gasteiger partial charge is 0.465 e. The van der Waals surface area contributed by atoms with E-state index in [9.17, 15) is 9.59 Å². The van der Waals surface area contributed by atoms with Gasteiger partial charge in [-0.3, -0.25) is 4.79 Å². The molecule has 0 atom stereocenters. The average molecular weight is 365 g/mol. The van der Waals surface area contributed by atoms with Gasteiger partial charge in [-0.1, -0.05) is 11.8 Å². The van der Waals surface area contributed by atoms with Crippen molar-refractivity contribution in [1.29, 1.82) is 0 Å². The molecule has 0 aliphatic carbocycles. The second-order valence-electron chi connectivity index (χ2n) is 5.12. The molecule has 24 heavy (non-hydrogen) atoms. The summed E-state index contributed by atoms with van der Waals surface area (Å²) in [4.78, 5) is 32.3. The number of aryl methyl sites for hydroxylation is 2. The molecule has 0 unspecified atom stereocenters. The Labute approximate surface area is 145 Å². The molecule has 126 valence electrons. The molecule has 8 nitrogen and oxygen atoms in total. The van der Waals surface area contributed by atoms with Gasteiger partial charge in [-0.25, -0.2) is 9.78 Å². The molecule has 0 saturated carbocycles. The normalized spacial score (nSPS) is 11.2. The maximum absolute atomic E-state index is 12.3. The molecule has 0 bridgehead atoms. The van der Waals surface area contributed by atoms with E-state index >= 15 is 0 Å². The number of fused-ring (bicyclic) bond motifs is 1. The number of methoxy groups -OCH3 is 1. The van der Waals surface area contributed by atoms with Crippen LogP contribution in [0, 0.1) is 13.8 Å². The lowest BCUT2D eigenvalue weighted by Gasteiger charge is -2.02. The highest BCUT2D eigenvalue weighted by Gasteiger charge is 2.19. The van der Waals surface area contributed by atoms with E-state index < -0.39 is 5.97 Å². The standard InChI is InChI=1S/C14H15N5O3S2/c1-6-9-11(20)15-8(5-23-14-18-17-7(2)19(14)3)16-12(9)24-10(6)13(21)22-4/h5H2,1-4H3,(H,15,16,20). The lowest BCUT2D eigenvalue weighted by atomic mass is 10.2. The van der Waals surface area contributed by atoms with E-state index in [4.69, 9.17) is 4.74 Å². The summed E-state index contributed by atoms with van der Waals surface area (Å²) in [6, 6.07) is 0. The zero-order valence-corrected chi connectivity index (χ0v) is 15.2. The van der Waals surface area contributed by atoms with Crippen LogP contribution in [0.4, 0.5) is 0 Å². The lowest BCUT2D eigenvalue weighted by molar-refractivity contribution is 0.0605. The van der Waals surface area contributed by atoms with Gasteiger partial charge in [0, 0.05) is 7.05 Å². The third-order valence-electron chi connectivity index (χ3n) is 3.61. The fourth-order valence-electron chi connectivity index (χ4n) is 2.19. The Bertz CT molecular complexity index is 988. The Kier molecular flexibility index (Phi) is 4.41. The fraction of sp³-hybridized carbons (Fsp3) is 0.357. The number of hydrogen-bond acceptors (Lipinski definition) is 8. The van der Waals surface area contributed by atoms with Crippen LogP contribution in [0.25, 0.3) is 10.2 Å². The van der Waals surface area contributed by atoms with Gasteiger partial charge >= 0.3 is 5.97 Å². The molecule has 0 aromatic carbocycles. The highest BCUT2D eigenvalue weighted by atomic mass is 32.2. The molecule has 3 aromatic heterocycles. The second-order valence-corrected chi connectivity index (χ2v) is 7.06. The number of aromatic amines is 1. The molecular formula is C14H15N5O3S2. The third kappa shape index (κ3) is 2.82. The number of thiophene rings is 1. The van der Waals surface area contributed by atoms with Gasteiger partial charge in [0.15, 0.2) is 5.16 Å². The number of thioether (sulfide) groups is 1. The van der Waals surface area contributed by atoms with Crippen LogP contribution in [0.15, 0.2) is 9.95 Å². The van der Waals surface area contributed by atoms with Crippen LogP contribution in [-0.2, 0) is 17.5 Å². The molecular weight excluding hydrogens is 350 g/mol. The van der Waals surface area contributed by atoms with Crippen molar-refractivity contribution in [3.05, 3.63) is 32.4 Å². The van der Waals surface area contributed by atoms with Crippen LogP contribution >= 0.6 is 23.1 Å². The van der Waals surface area contributed by atoms with Crippen molar-refractivity contribution in [2.24, 2.45) is 7.05 Å². The van der Waals surface area contributed by atoms with Gasteiger partial charge in [0.25, 0.3) is 5.56 Å². The van der Waals surface area contributed by atoms with Crippen molar-refractivity contribution in [3.8, 4) is 0 Å². The van der Waals surface area contributed by atoms with Gasteiger partial charge in [0.05, 0.1) is 18.2 Å². The van der Waals surface area contributed by atoms with Gasteiger partial charge < -0.3 is 14.3 Å². The molecule has 3 rings (SSSR count). The summed E-state index contributed by atoms with van der Waals surface area (Å²) in [5.41, 5.74) is 0.340. The Balaban J connectivity index is 1.94. The Morgan fingerprint density at radius 1 is 1.38 bits per heavy atom. The van der Waals surface area contributed by atoms with E-state index in [-0.39, 0.29) is 5.56 Å². The summed E-state index contributed by atoms with van der Waals surface area (Å²) in [6.45, 7) is 3.59.